The molecule has 0 atom stereocenters. The van der Waals surface area contributed by atoms with Crippen molar-refractivity contribution >= 4 is 23.1 Å². The molecule has 0 amide bonds. The zero-order valence-electron chi connectivity index (χ0n) is 10.3. The Balaban J connectivity index is 2.04. The van der Waals surface area contributed by atoms with Gasteiger partial charge < -0.3 is 4.98 Å². The standard InChI is InChI=1S/C17H13NO/c19-17-15(11-10-13-6-2-1-3-7-13)12-14-8-4-5-9-16(14)18-17/h1-12H,(H,18,19)/b11-10+. The highest BCUT2D eigenvalue weighted by Gasteiger charge is 1.98. The molecule has 1 N–H and O–H groups in total. The van der Waals surface area contributed by atoms with Gasteiger partial charge in [0.05, 0.1) is 0 Å². The molecule has 3 rings (SSSR count). The van der Waals surface area contributed by atoms with E-state index in [-0.39, 0.29) is 5.56 Å². The van der Waals surface area contributed by atoms with Crippen LogP contribution in [0.3, 0.4) is 0 Å². The van der Waals surface area contributed by atoms with Gasteiger partial charge in [0, 0.05) is 11.1 Å². The van der Waals surface area contributed by atoms with Gasteiger partial charge in [0.2, 0.25) is 0 Å². The van der Waals surface area contributed by atoms with E-state index in [2.05, 4.69) is 4.98 Å². The Bertz CT molecular complexity index is 785. The number of hydrogen-bond donors (Lipinski definition) is 1. The smallest absolute Gasteiger partial charge is 0.255 e. The van der Waals surface area contributed by atoms with Crippen LogP contribution in [0.2, 0.25) is 0 Å². The zero-order valence-corrected chi connectivity index (χ0v) is 10.3. The summed E-state index contributed by atoms with van der Waals surface area (Å²) in [4.78, 5) is 14.8. The molecule has 1 heterocycles. The molecule has 0 spiro atoms. The molecule has 0 saturated carbocycles. The molecule has 0 unspecified atom stereocenters. The van der Waals surface area contributed by atoms with Crippen LogP contribution in [0.25, 0.3) is 23.1 Å². The number of hydrogen-bond acceptors (Lipinski definition) is 1. The first-order valence-corrected chi connectivity index (χ1v) is 6.18. The molecule has 0 aliphatic carbocycles. The first kappa shape index (κ1) is 11.5. The van der Waals surface area contributed by atoms with Crippen molar-refractivity contribution in [3.05, 3.63) is 82.1 Å². The van der Waals surface area contributed by atoms with Crippen LogP contribution in [0.4, 0.5) is 0 Å². The highest BCUT2D eigenvalue weighted by atomic mass is 16.1. The Morgan fingerprint density at radius 2 is 1.58 bits per heavy atom. The van der Waals surface area contributed by atoms with Crippen LogP contribution < -0.4 is 5.56 Å². The normalized spacial score (nSPS) is 11.2. The summed E-state index contributed by atoms with van der Waals surface area (Å²) in [5.74, 6) is 0. The van der Waals surface area contributed by atoms with E-state index in [0.29, 0.717) is 5.56 Å². The van der Waals surface area contributed by atoms with Crippen LogP contribution in [0.5, 0.6) is 0 Å². The number of nitrogens with one attached hydrogen (secondary N) is 1. The molecule has 2 heteroatoms. The number of aromatic amines is 1. The average Bonchev–Trinajstić information content (AvgIpc) is 2.46. The summed E-state index contributed by atoms with van der Waals surface area (Å²) in [6, 6.07) is 19.6. The molecule has 0 radical (unpaired) electrons. The van der Waals surface area contributed by atoms with E-state index in [0.717, 1.165) is 16.5 Å². The summed E-state index contributed by atoms with van der Waals surface area (Å²) in [6.07, 6.45) is 3.79. The van der Waals surface area contributed by atoms with Crippen LogP contribution in [-0.4, -0.2) is 4.98 Å². The Labute approximate surface area is 111 Å². The summed E-state index contributed by atoms with van der Waals surface area (Å²) in [6.45, 7) is 0. The Morgan fingerprint density at radius 1 is 0.842 bits per heavy atom. The molecule has 2 aromatic carbocycles. The molecule has 92 valence electrons. The Hall–Kier alpha value is -2.61. The van der Waals surface area contributed by atoms with Crippen molar-refractivity contribution in [3.8, 4) is 0 Å². The third-order valence-corrected chi connectivity index (χ3v) is 3.04. The maximum Gasteiger partial charge on any atom is 0.255 e. The van der Waals surface area contributed by atoms with E-state index in [4.69, 9.17) is 0 Å². The average molecular weight is 247 g/mol. The van der Waals surface area contributed by atoms with Crippen LogP contribution in [0.1, 0.15) is 11.1 Å². The maximum atomic E-state index is 11.9. The van der Waals surface area contributed by atoms with Gasteiger partial charge in [0.25, 0.3) is 5.56 Å². The third kappa shape index (κ3) is 2.47. The lowest BCUT2D eigenvalue weighted by Gasteiger charge is -1.99. The summed E-state index contributed by atoms with van der Waals surface area (Å²) in [5.41, 5.74) is 2.55. The SMILES string of the molecule is O=c1[nH]c2ccccc2cc1/C=C/c1ccccc1. The highest BCUT2D eigenvalue weighted by Crippen LogP contribution is 2.12. The zero-order chi connectivity index (χ0) is 13.1. The van der Waals surface area contributed by atoms with Gasteiger partial charge in [-0.2, -0.15) is 0 Å². The first-order chi connectivity index (χ1) is 9.33. The van der Waals surface area contributed by atoms with Crippen molar-refractivity contribution < 1.29 is 0 Å². The van der Waals surface area contributed by atoms with Crippen molar-refractivity contribution in [2.45, 2.75) is 0 Å². The fourth-order valence-corrected chi connectivity index (χ4v) is 2.04. The van der Waals surface area contributed by atoms with Gasteiger partial charge >= 0.3 is 0 Å². The van der Waals surface area contributed by atoms with Crippen LogP contribution in [0, 0.1) is 0 Å². The molecule has 2 nitrogen and oxygen atoms in total. The monoisotopic (exact) mass is 247 g/mol. The van der Waals surface area contributed by atoms with E-state index >= 15 is 0 Å². The fraction of sp³-hybridized carbons (Fsp3) is 0. The highest BCUT2D eigenvalue weighted by molar-refractivity contribution is 5.82. The van der Waals surface area contributed by atoms with Crippen LogP contribution in [-0.2, 0) is 0 Å². The summed E-state index contributed by atoms with van der Waals surface area (Å²) in [7, 11) is 0. The Morgan fingerprint density at radius 3 is 2.42 bits per heavy atom. The summed E-state index contributed by atoms with van der Waals surface area (Å²) < 4.78 is 0. The fourth-order valence-electron chi connectivity index (χ4n) is 2.04. The number of pyridine rings is 1. The minimum Gasteiger partial charge on any atom is -0.321 e. The molecule has 0 aliphatic rings. The molecule has 19 heavy (non-hydrogen) atoms. The number of para-hydroxylation sites is 1. The van der Waals surface area contributed by atoms with Gasteiger partial charge in [0.15, 0.2) is 0 Å². The number of rotatable bonds is 2. The molecular weight excluding hydrogens is 234 g/mol. The van der Waals surface area contributed by atoms with Crippen molar-refractivity contribution in [2.24, 2.45) is 0 Å². The van der Waals surface area contributed by atoms with Crippen LogP contribution >= 0.6 is 0 Å². The van der Waals surface area contributed by atoms with Crippen LogP contribution in [0.15, 0.2) is 65.5 Å². The van der Waals surface area contributed by atoms with Crippen molar-refractivity contribution in [2.75, 3.05) is 0 Å². The molecule has 0 bridgehead atoms. The lowest BCUT2D eigenvalue weighted by Crippen LogP contribution is -2.08. The summed E-state index contributed by atoms with van der Waals surface area (Å²) in [5, 5.41) is 1.04. The second-order valence-electron chi connectivity index (χ2n) is 4.39. The number of aromatic nitrogens is 1. The lowest BCUT2D eigenvalue weighted by atomic mass is 10.1. The van der Waals surface area contributed by atoms with Crippen molar-refractivity contribution in [3.63, 3.8) is 0 Å². The maximum absolute atomic E-state index is 11.9. The third-order valence-electron chi connectivity index (χ3n) is 3.04. The molecule has 0 aliphatic heterocycles. The van der Waals surface area contributed by atoms with Crippen molar-refractivity contribution in [1.82, 2.24) is 4.98 Å². The second kappa shape index (κ2) is 4.94. The van der Waals surface area contributed by atoms with E-state index in [1.807, 2.05) is 72.8 Å². The van der Waals surface area contributed by atoms with E-state index in [1.165, 1.54) is 0 Å². The number of fused-ring (bicyclic) bond motifs is 1. The van der Waals surface area contributed by atoms with Gasteiger partial charge in [-0.05, 0) is 29.2 Å². The van der Waals surface area contributed by atoms with Gasteiger partial charge in [-0.25, -0.2) is 0 Å². The minimum absolute atomic E-state index is 0.0640. The lowest BCUT2D eigenvalue weighted by molar-refractivity contribution is 1.29. The van der Waals surface area contributed by atoms with Crippen molar-refractivity contribution in [1.29, 1.82) is 0 Å². The molecule has 0 fully saturated rings. The van der Waals surface area contributed by atoms with Gasteiger partial charge in [-0.3, -0.25) is 4.79 Å². The van der Waals surface area contributed by atoms with E-state index in [9.17, 15) is 4.79 Å². The van der Waals surface area contributed by atoms with Gasteiger partial charge in [0.1, 0.15) is 0 Å². The van der Waals surface area contributed by atoms with Gasteiger partial charge in [-0.15, -0.1) is 0 Å². The van der Waals surface area contributed by atoms with Gasteiger partial charge in [-0.1, -0.05) is 54.6 Å². The molecule has 0 saturated heterocycles. The first-order valence-electron chi connectivity index (χ1n) is 6.18. The predicted octanol–water partition coefficient (Wildman–Crippen LogP) is 3.70. The number of H-pyrrole nitrogens is 1. The van der Waals surface area contributed by atoms with E-state index < -0.39 is 0 Å². The Kier molecular flexibility index (Phi) is 2.99. The predicted molar refractivity (Wildman–Crippen MR) is 79.9 cm³/mol. The summed E-state index contributed by atoms with van der Waals surface area (Å²) >= 11 is 0. The van der Waals surface area contributed by atoms with E-state index in [1.54, 1.807) is 0 Å². The number of benzene rings is 2. The molecular formula is C17H13NO. The molecule has 1 aromatic heterocycles. The molecule has 3 aromatic rings. The topological polar surface area (TPSA) is 32.9 Å². The second-order valence-corrected chi connectivity index (χ2v) is 4.39. The minimum atomic E-state index is -0.0640. The largest absolute Gasteiger partial charge is 0.321 e. The quantitative estimate of drug-likeness (QED) is 0.736.